The van der Waals surface area contributed by atoms with E-state index in [4.69, 9.17) is 4.74 Å². The first-order valence-electron chi connectivity index (χ1n) is 7.67. The van der Waals surface area contributed by atoms with Crippen LogP contribution in [0.2, 0.25) is 0 Å². The number of carbonyl (C=O) groups excluding carboxylic acids is 1. The summed E-state index contributed by atoms with van der Waals surface area (Å²) in [5.74, 6) is -1.27. The topological polar surface area (TPSA) is 87.1 Å². The van der Waals surface area contributed by atoms with Crippen molar-refractivity contribution in [3.05, 3.63) is 35.4 Å². The van der Waals surface area contributed by atoms with E-state index in [9.17, 15) is 19.8 Å². The molecule has 0 aliphatic carbocycles. The molecule has 1 heterocycles. The Morgan fingerprint density at radius 3 is 2.57 bits per heavy atom. The molecule has 2 N–H and O–H groups in total. The van der Waals surface area contributed by atoms with Crippen LogP contribution in [-0.4, -0.2) is 45.9 Å². The van der Waals surface area contributed by atoms with E-state index in [0.29, 0.717) is 25.1 Å². The quantitative estimate of drug-likeness (QED) is 0.894. The lowest BCUT2D eigenvalue weighted by Crippen LogP contribution is -2.35. The van der Waals surface area contributed by atoms with Gasteiger partial charge in [-0.15, -0.1) is 0 Å². The molecule has 126 valence electrons. The Hall–Kier alpha value is -2.08. The van der Waals surface area contributed by atoms with Gasteiger partial charge in [-0.1, -0.05) is 18.2 Å². The van der Waals surface area contributed by atoms with Crippen molar-refractivity contribution in [3.8, 4) is 0 Å². The van der Waals surface area contributed by atoms with Gasteiger partial charge in [0.05, 0.1) is 11.7 Å². The molecule has 0 aromatic heterocycles. The number of aliphatic hydroxyl groups excluding tert-OH is 1. The van der Waals surface area contributed by atoms with Gasteiger partial charge in [0.15, 0.2) is 0 Å². The van der Waals surface area contributed by atoms with Crippen LogP contribution in [0.3, 0.4) is 0 Å². The van der Waals surface area contributed by atoms with Crippen LogP contribution in [0.5, 0.6) is 0 Å². The highest BCUT2D eigenvalue weighted by Gasteiger charge is 2.35. The van der Waals surface area contributed by atoms with Crippen molar-refractivity contribution in [2.75, 3.05) is 13.1 Å². The Morgan fingerprint density at radius 1 is 1.30 bits per heavy atom. The van der Waals surface area contributed by atoms with E-state index in [-0.39, 0.29) is 11.5 Å². The number of aromatic carboxylic acids is 1. The third-order valence-electron chi connectivity index (χ3n) is 3.83. The zero-order valence-electron chi connectivity index (χ0n) is 13.7. The number of rotatable bonds is 3. The summed E-state index contributed by atoms with van der Waals surface area (Å²) >= 11 is 0. The Labute approximate surface area is 135 Å². The zero-order valence-corrected chi connectivity index (χ0v) is 13.7. The van der Waals surface area contributed by atoms with Crippen LogP contribution < -0.4 is 0 Å². The predicted molar refractivity (Wildman–Crippen MR) is 84.3 cm³/mol. The highest BCUT2D eigenvalue weighted by molar-refractivity contribution is 5.89. The van der Waals surface area contributed by atoms with Gasteiger partial charge in [-0.3, -0.25) is 0 Å². The van der Waals surface area contributed by atoms with E-state index in [1.807, 2.05) is 0 Å². The summed E-state index contributed by atoms with van der Waals surface area (Å²) in [7, 11) is 0. The summed E-state index contributed by atoms with van der Waals surface area (Å²) in [5.41, 5.74) is -0.0873. The molecule has 6 nitrogen and oxygen atoms in total. The number of amides is 1. The standard InChI is InChI=1S/C17H23NO5/c1-17(2,3)23-16(22)18-9-8-11(10-18)14(19)12-6-4-5-7-13(12)15(20)21/h4-7,11,14,19H,8-10H2,1-3H3,(H,20,21). The first-order chi connectivity index (χ1) is 10.7. The monoisotopic (exact) mass is 321 g/mol. The molecule has 2 atom stereocenters. The maximum Gasteiger partial charge on any atom is 0.410 e. The Balaban J connectivity index is 2.07. The van der Waals surface area contributed by atoms with E-state index in [0.717, 1.165) is 0 Å². The van der Waals surface area contributed by atoms with Crippen LogP contribution >= 0.6 is 0 Å². The molecule has 23 heavy (non-hydrogen) atoms. The number of hydrogen-bond donors (Lipinski definition) is 2. The first kappa shape index (κ1) is 17.3. The van der Waals surface area contributed by atoms with Crippen LogP contribution in [0.1, 0.15) is 49.2 Å². The molecule has 2 rings (SSSR count). The normalized spacial score (nSPS) is 19.5. The largest absolute Gasteiger partial charge is 0.478 e. The number of nitrogens with zero attached hydrogens (tertiary/aromatic N) is 1. The molecule has 0 spiro atoms. The van der Waals surface area contributed by atoms with Crippen molar-refractivity contribution in [1.82, 2.24) is 4.90 Å². The maximum atomic E-state index is 12.1. The Morgan fingerprint density at radius 2 is 1.96 bits per heavy atom. The van der Waals surface area contributed by atoms with Gasteiger partial charge in [-0.25, -0.2) is 9.59 Å². The summed E-state index contributed by atoms with van der Waals surface area (Å²) < 4.78 is 5.33. The lowest BCUT2D eigenvalue weighted by molar-refractivity contribution is 0.0266. The van der Waals surface area contributed by atoms with Crippen LogP contribution in [0, 0.1) is 5.92 Å². The van der Waals surface area contributed by atoms with Gasteiger partial charge in [-0.2, -0.15) is 0 Å². The molecule has 0 saturated carbocycles. The van der Waals surface area contributed by atoms with Gasteiger partial charge in [-0.05, 0) is 38.8 Å². The average Bonchev–Trinajstić information content (AvgIpc) is 2.94. The van der Waals surface area contributed by atoms with E-state index < -0.39 is 23.8 Å². The number of likely N-dealkylation sites (tertiary alicyclic amines) is 1. The molecular weight excluding hydrogens is 298 g/mol. The minimum absolute atomic E-state index is 0.0933. The summed E-state index contributed by atoms with van der Waals surface area (Å²) in [6, 6.07) is 6.42. The molecule has 0 radical (unpaired) electrons. The lowest BCUT2D eigenvalue weighted by Gasteiger charge is -2.25. The van der Waals surface area contributed by atoms with Crippen LogP contribution in [0.25, 0.3) is 0 Å². The Bertz CT molecular complexity index is 593. The van der Waals surface area contributed by atoms with Gasteiger partial charge in [0.2, 0.25) is 0 Å². The number of benzene rings is 1. The van der Waals surface area contributed by atoms with Crippen molar-refractivity contribution in [3.63, 3.8) is 0 Å². The fourth-order valence-electron chi connectivity index (χ4n) is 2.74. The van der Waals surface area contributed by atoms with Crippen molar-refractivity contribution >= 4 is 12.1 Å². The van der Waals surface area contributed by atoms with Crippen LogP contribution in [0.15, 0.2) is 24.3 Å². The molecule has 1 aromatic carbocycles. The third-order valence-corrected chi connectivity index (χ3v) is 3.83. The van der Waals surface area contributed by atoms with Crippen molar-refractivity contribution in [2.45, 2.75) is 38.9 Å². The molecule has 0 bridgehead atoms. The van der Waals surface area contributed by atoms with Crippen molar-refractivity contribution in [1.29, 1.82) is 0 Å². The third kappa shape index (κ3) is 4.22. The molecule has 1 aliphatic heterocycles. The van der Waals surface area contributed by atoms with Crippen molar-refractivity contribution < 1.29 is 24.5 Å². The molecular formula is C17H23NO5. The molecule has 6 heteroatoms. The van der Waals surface area contributed by atoms with E-state index >= 15 is 0 Å². The average molecular weight is 321 g/mol. The van der Waals surface area contributed by atoms with E-state index in [1.165, 1.54) is 6.07 Å². The first-order valence-corrected chi connectivity index (χ1v) is 7.67. The number of carboxylic acids is 1. The summed E-state index contributed by atoms with van der Waals surface area (Å²) in [6.45, 7) is 6.25. The van der Waals surface area contributed by atoms with E-state index in [2.05, 4.69) is 0 Å². The van der Waals surface area contributed by atoms with Crippen LogP contribution in [0.4, 0.5) is 4.79 Å². The minimum Gasteiger partial charge on any atom is -0.478 e. The second kappa shape index (κ2) is 6.58. The number of ether oxygens (including phenoxy) is 1. The second-order valence-electron chi connectivity index (χ2n) is 6.81. The van der Waals surface area contributed by atoms with Gasteiger partial charge < -0.3 is 19.8 Å². The van der Waals surface area contributed by atoms with Gasteiger partial charge in [0.25, 0.3) is 0 Å². The Kier molecular flexibility index (Phi) is 4.94. The van der Waals surface area contributed by atoms with Gasteiger partial charge >= 0.3 is 12.1 Å². The fourth-order valence-corrected chi connectivity index (χ4v) is 2.74. The molecule has 1 saturated heterocycles. The van der Waals surface area contributed by atoms with E-state index in [1.54, 1.807) is 43.9 Å². The van der Waals surface area contributed by atoms with Gasteiger partial charge in [0, 0.05) is 19.0 Å². The smallest absolute Gasteiger partial charge is 0.410 e. The number of hydrogen-bond acceptors (Lipinski definition) is 4. The van der Waals surface area contributed by atoms with Crippen LogP contribution in [-0.2, 0) is 4.74 Å². The molecule has 1 aliphatic rings. The molecule has 1 fully saturated rings. The second-order valence-corrected chi connectivity index (χ2v) is 6.81. The zero-order chi connectivity index (χ0) is 17.2. The van der Waals surface area contributed by atoms with Crippen molar-refractivity contribution in [2.24, 2.45) is 5.92 Å². The molecule has 1 aromatic rings. The summed E-state index contributed by atoms with van der Waals surface area (Å²) in [5, 5.41) is 19.8. The van der Waals surface area contributed by atoms with Gasteiger partial charge in [0.1, 0.15) is 5.60 Å². The highest BCUT2D eigenvalue weighted by atomic mass is 16.6. The fraction of sp³-hybridized carbons (Fsp3) is 0.529. The predicted octanol–water partition coefficient (Wildman–Crippen LogP) is 2.68. The minimum atomic E-state index is -1.07. The highest BCUT2D eigenvalue weighted by Crippen LogP contribution is 2.32. The number of aliphatic hydroxyl groups is 1. The summed E-state index contributed by atoms with van der Waals surface area (Å²) in [4.78, 5) is 24.9. The summed E-state index contributed by atoms with van der Waals surface area (Å²) in [6.07, 6.45) is -0.720. The number of carboxylic acid groups (broad SMARTS) is 1. The SMILES string of the molecule is CC(C)(C)OC(=O)N1CCC(C(O)c2ccccc2C(=O)O)C1. The molecule has 1 amide bonds. The maximum absolute atomic E-state index is 12.1. The number of carbonyl (C=O) groups is 2. The lowest BCUT2D eigenvalue weighted by atomic mass is 9.92. The molecule has 2 unspecified atom stereocenters.